The number of nitrogens with zero attached hydrogens (tertiary/aromatic N) is 2. The molecule has 0 unspecified atom stereocenters. The van der Waals surface area contributed by atoms with Gasteiger partial charge in [-0.15, -0.1) is 0 Å². The number of imidazole rings is 1. The second kappa shape index (κ2) is 3.88. The van der Waals surface area contributed by atoms with Gasteiger partial charge in [-0.05, 0) is 42.8 Å². The maximum atomic E-state index is 9.34. The van der Waals surface area contributed by atoms with Crippen molar-refractivity contribution in [3.8, 4) is 17.0 Å². The molecule has 18 heavy (non-hydrogen) atoms. The lowest BCUT2D eigenvalue weighted by Crippen LogP contribution is -2.18. The lowest BCUT2D eigenvalue weighted by molar-refractivity contribution is -0.510. The Morgan fingerprint density at radius 3 is 2.44 bits per heavy atom. The van der Waals surface area contributed by atoms with E-state index in [0.29, 0.717) is 5.75 Å². The Morgan fingerprint density at radius 1 is 1.00 bits per heavy atom. The molecule has 0 aliphatic rings. The summed E-state index contributed by atoms with van der Waals surface area (Å²) in [5, 5.41) is 9.34. The fourth-order valence-electron chi connectivity index (χ4n) is 2.25. The molecular weight excluding hydrogens is 224 g/mol. The molecule has 0 radical (unpaired) electrons. The van der Waals surface area contributed by atoms with E-state index < -0.39 is 0 Å². The molecule has 1 aromatic carbocycles. The van der Waals surface area contributed by atoms with Gasteiger partial charge < -0.3 is 5.11 Å². The molecule has 1 N–H and O–H groups in total. The van der Waals surface area contributed by atoms with E-state index in [1.54, 1.807) is 12.1 Å². The number of hydrogen-bond donors (Lipinski definition) is 1. The average Bonchev–Trinajstić information content (AvgIpc) is 2.67. The van der Waals surface area contributed by atoms with Gasteiger partial charge in [-0.2, -0.15) is 0 Å². The van der Waals surface area contributed by atoms with Crippen LogP contribution in [0.5, 0.6) is 5.75 Å². The van der Waals surface area contributed by atoms with E-state index in [4.69, 9.17) is 0 Å². The molecule has 2 aromatic heterocycles. The van der Waals surface area contributed by atoms with E-state index >= 15 is 0 Å². The molecule has 0 saturated heterocycles. The molecule has 2 heterocycles. The van der Waals surface area contributed by atoms with Crippen molar-refractivity contribution in [2.45, 2.75) is 6.92 Å². The minimum absolute atomic E-state index is 0.293. The van der Waals surface area contributed by atoms with E-state index in [1.807, 2.05) is 19.2 Å². The number of phenolic OH excluding ortho intramolecular Hbond substituents is 1. The zero-order valence-electron chi connectivity index (χ0n) is 10.5. The zero-order valence-corrected chi connectivity index (χ0v) is 10.5. The molecule has 0 bridgehead atoms. The highest BCUT2D eigenvalue weighted by Crippen LogP contribution is 2.21. The smallest absolute Gasteiger partial charge is 0.286 e. The van der Waals surface area contributed by atoms with E-state index in [0.717, 1.165) is 16.9 Å². The Labute approximate surface area is 106 Å². The minimum atomic E-state index is 0.293. The van der Waals surface area contributed by atoms with Gasteiger partial charge in [0, 0.05) is 11.6 Å². The first-order valence-corrected chi connectivity index (χ1v) is 5.92. The highest BCUT2D eigenvalue weighted by molar-refractivity contribution is 5.62. The van der Waals surface area contributed by atoms with Gasteiger partial charge in [-0.1, -0.05) is 0 Å². The topological polar surface area (TPSA) is 29.3 Å². The van der Waals surface area contributed by atoms with Crippen LogP contribution in [0.1, 0.15) is 5.56 Å². The molecular formula is C15H15N2O+. The standard InChI is InChI=1S/C15H14N2O/c1-11-3-8-15-16(2)14(10-17(15)9-11)12-4-6-13(18)7-5-12/h3-10H,1-2H3/p+1. The third kappa shape index (κ3) is 1.64. The van der Waals surface area contributed by atoms with E-state index in [2.05, 4.69) is 40.4 Å². The number of aromatic nitrogens is 2. The molecule has 0 amide bonds. The number of pyridine rings is 1. The maximum Gasteiger partial charge on any atom is 0.286 e. The quantitative estimate of drug-likeness (QED) is 0.649. The van der Waals surface area contributed by atoms with Crippen LogP contribution < -0.4 is 4.40 Å². The van der Waals surface area contributed by atoms with Crippen molar-refractivity contribution in [2.75, 3.05) is 0 Å². The van der Waals surface area contributed by atoms with Gasteiger partial charge >= 0.3 is 0 Å². The van der Waals surface area contributed by atoms with Gasteiger partial charge in [0.15, 0.2) is 5.69 Å². The Balaban J connectivity index is 2.23. The normalized spacial score (nSPS) is 11.0. The van der Waals surface area contributed by atoms with Crippen LogP contribution in [0.3, 0.4) is 0 Å². The summed E-state index contributed by atoms with van der Waals surface area (Å²) < 4.78 is 4.27. The predicted octanol–water partition coefficient (Wildman–Crippen LogP) is 2.44. The number of phenols is 1. The minimum Gasteiger partial charge on any atom is -0.508 e. The number of hydrogen-bond acceptors (Lipinski definition) is 1. The number of benzene rings is 1. The monoisotopic (exact) mass is 239 g/mol. The molecule has 0 aliphatic carbocycles. The van der Waals surface area contributed by atoms with Crippen molar-refractivity contribution in [3.05, 3.63) is 54.4 Å². The van der Waals surface area contributed by atoms with Crippen molar-refractivity contribution in [1.29, 1.82) is 0 Å². The van der Waals surface area contributed by atoms with Crippen molar-refractivity contribution in [1.82, 2.24) is 4.57 Å². The fraction of sp³-hybridized carbons (Fsp3) is 0.133. The molecule has 3 aromatic rings. The van der Waals surface area contributed by atoms with Crippen LogP contribution in [-0.2, 0) is 7.05 Å². The Kier molecular flexibility index (Phi) is 2.33. The lowest BCUT2D eigenvalue weighted by atomic mass is 10.1. The Morgan fingerprint density at radius 2 is 1.72 bits per heavy atom. The third-order valence-corrected chi connectivity index (χ3v) is 3.23. The van der Waals surface area contributed by atoms with Crippen LogP contribution >= 0.6 is 0 Å². The first-order chi connectivity index (χ1) is 8.65. The summed E-state index contributed by atoms with van der Waals surface area (Å²) in [6, 6.07) is 11.5. The molecule has 0 fully saturated rings. The summed E-state index contributed by atoms with van der Waals surface area (Å²) in [5.74, 6) is 0.293. The number of aryl methyl sites for hydroxylation is 2. The first kappa shape index (κ1) is 10.8. The highest BCUT2D eigenvalue weighted by atomic mass is 16.3. The maximum absolute atomic E-state index is 9.34. The van der Waals surface area contributed by atoms with Crippen LogP contribution in [0, 0.1) is 6.92 Å². The first-order valence-electron chi connectivity index (χ1n) is 5.92. The largest absolute Gasteiger partial charge is 0.508 e. The van der Waals surface area contributed by atoms with Gasteiger partial charge in [0.2, 0.25) is 0 Å². The summed E-state index contributed by atoms with van der Waals surface area (Å²) in [6.07, 6.45) is 4.22. The summed E-state index contributed by atoms with van der Waals surface area (Å²) in [5.41, 5.74) is 4.59. The Hall–Kier alpha value is -2.29. The molecule has 0 atom stereocenters. The molecule has 3 nitrogen and oxygen atoms in total. The van der Waals surface area contributed by atoms with Gasteiger partial charge in [0.1, 0.15) is 11.9 Å². The van der Waals surface area contributed by atoms with Crippen LogP contribution in [0.2, 0.25) is 0 Å². The van der Waals surface area contributed by atoms with Crippen LogP contribution in [-0.4, -0.2) is 9.67 Å². The van der Waals surface area contributed by atoms with Gasteiger partial charge in [0.05, 0.1) is 13.2 Å². The summed E-state index contributed by atoms with van der Waals surface area (Å²) in [6.45, 7) is 2.08. The highest BCUT2D eigenvalue weighted by Gasteiger charge is 2.15. The van der Waals surface area contributed by atoms with E-state index in [9.17, 15) is 5.11 Å². The van der Waals surface area contributed by atoms with E-state index in [1.165, 1.54) is 5.56 Å². The SMILES string of the molecule is Cc1ccc2n(C)c(-c3ccc(O)cc3)c[n+]2c1. The summed E-state index contributed by atoms with van der Waals surface area (Å²) in [4.78, 5) is 0. The average molecular weight is 239 g/mol. The molecule has 0 spiro atoms. The number of rotatable bonds is 1. The van der Waals surface area contributed by atoms with Crippen molar-refractivity contribution in [2.24, 2.45) is 7.05 Å². The summed E-state index contributed by atoms with van der Waals surface area (Å²) in [7, 11) is 2.05. The van der Waals surface area contributed by atoms with Crippen LogP contribution in [0.15, 0.2) is 48.8 Å². The molecule has 90 valence electrons. The van der Waals surface area contributed by atoms with Crippen molar-refractivity contribution < 1.29 is 9.51 Å². The van der Waals surface area contributed by atoms with Gasteiger partial charge in [-0.25, -0.2) is 8.97 Å². The predicted molar refractivity (Wildman–Crippen MR) is 70.4 cm³/mol. The summed E-state index contributed by atoms with van der Waals surface area (Å²) >= 11 is 0. The lowest BCUT2D eigenvalue weighted by Gasteiger charge is -1.97. The second-order valence-electron chi connectivity index (χ2n) is 4.59. The van der Waals surface area contributed by atoms with Crippen molar-refractivity contribution in [3.63, 3.8) is 0 Å². The van der Waals surface area contributed by atoms with Crippen LogP contribution in [0.25, 0.3) is 16.9 Å². The second-order valence-corrected chi connectivity index (χ2v) is 4.59. The van der Waals surface area contributed by atoms with Gasteiger partial charge in [-0.3, -0.25) is 0 Å². The van der Waals surface area contributed by atoms with Crippen molar-refractivity contribution >= 4 is 5.65 Å². The third-order valence-electron chi connectivity index (χ3n) is 3.23. The van der Waals surface area contributed by atoms with Crippen LogP contribution in [0.4, 0.5) is 0 Å². The molecule has 0 saturated carbocycles. The molecule has 3 rings (SSSR count). The molecule has 3 heteroatoms. The number of fused-ring (bicyclic) bond motifs is 1. The fourth-order valence-corrected chi connectivity index (χ4v) is 2.25. The molecule has 0 aliphatic heterocycles. The number of aromatic hydroxyl groups is 1. The van der Waals surface area contributed by atoms with E-state index in [-0.39, 0.29) is 0 Å². The Bertz CT molecular complexity index is 711. The zero-order chi connectivity index (χ0) is 12.7. The van der Waals surface area contributed by atoms with Gasteiger partial charge in [0.25, 0.3) is 5.65 Å².